The lowest BCUT2D eigenvalue weighted by Gasteiger charge is -2.17. The second-order valence-corrected chi connectivity index (χ2v) is 3.89. The number of nitrogens with two attached hydrogens (primary N) is 1. The van der Waals surface area contributed by atoms with Crippen molar-refractivity contribution < 1.29 is 4.42 Å². The van der Waals surface area contributed by atoms with Gasteiger partial charge in [0, 0.05) is 5.56 Å². The van der Waals surface area contributed by atoms with Gasteiger partial charge in [0.25, 0.3) is 0 Å². The van der Waals surface area contributed by atoms with Crippen molar-refractivity contribution in [3.05, 3.63) is 59.0 Å². The minimum Gasteiger partial charge on any atom is -0.469 e. The predicted octanol–water partition coefficient (Wildman–Crippen LogP) is 2.45. The number of benzene rings is 1. The van der Waals surface area contributed by atoms with Crippen LogP contribution in [0.25, 0.3) is 0 Å². The zero-order valence-corrected chi connectivity index (χ0v) is 9.53. The molecular weight excluding hydrogens is 200 g/mol. The number of nitrogens with one attached hydrogen (secondary N) is 1. The molecule has 0 fully saturated rings. The lowest BCUT2D eigenvalue weighted by atomic mass is 9.96. The Hall–Kier alpha value is -1.58. The molecule has 0 amide bonds. The molecule has 0 saturated heterocycles. The molecule has 1 aromatic heterocycles. The van der Waals surface area contributed by atoms with Crippen LogP contribution in [0.15, 0.2) is 41.0 Å². The fourth-order valence-electron chi connectivity index (χ4n) is 1.95. The standard InChI is InChI=1S/C13H16N2O/c1-9-5-3-4-6-11(9)13(15-14)12-7-8-16-10(12)2/h3-8,13,15H,14H2,1-2H3. The van der Waals surface area contributed by atoms with E-state index in [0.29, 0.717) is 0 Å². The molecule has 0 saturated carbocycles. The van der Waals surface area contributed by atoms with Crippen LogP contribution in [0, 0.1) is 13.8 Å². The highest BCUT2D eigenvalue weighted by Crippen LogP contribution is 2.26. The van der Waals surface area contributed by atoms with Gasteiger partial charge >= 0.3 is 0 Å². The molecule has 0 aliphatic heterocycles. The fraction of sp³-hybridized carbons (Fsp3) is 0.231. The van der Waals surface area contributed by atoms with Crippen molar-refractivity contribution in [1.82, 2.24) is 5.43 Å². The molecule has 2 rings (SSSR count). The van der Waals surface area contributed by atoms with Crippen LogP contribution in [-0.4, -0.2) is 0 Å². The van der Waals surface area contributed by atoms with Crippen molar-refractivity contribution in [2.45, 2.75) is 19.9 Å². The average Bonchev–Trinajstić information content (AvgIpc) is 2.69. The minimum atomic E-state index is -0.0139. The number of hydrazine groups is 1. The number of furan rings is 1. The summed E-state index contributed by atoms with van der Waals surface area (Å²) in [6.45, 7) is 4.02. The van der Waals surface area contributed by atoms with E-state index in [1.54, 1.807) is 6.26 Å². The van der Waals surface area contributed by atoms with Gasteiger partial charge in [0.05, 0.1) is 12.3 Å². The molecule has 0 radical (unpaired) electrons. The molecule has 0 bridgehead atoms. The summed E-state index contributed by atoms with van der Waals surface area (Å²) in [5.41, 5.74) is 6.31. The first kappa shape index (κ1) is 10.9. The quantitative estimate of drug-likeness (QED) is 0.612. The molecule has 0 aliphatic carbocycles. The summed E-state index contributed by atoms with van der Waals surface area (Å²) in [7, 11) is 0. The van der Waals surface area contributed by atoms with Crippen molar-refractivity contribution in [3.63, 3.8) is 0 Å². The SMILES string of the molecule is Cc1ccccc1C(NN)c1ccoc1C. The number of rotatable bonds is 3. The summed E-state index contributed by atoms with van der Waals surface area (Å²) < 4.78 is 5.31. The van der Waals surface area contributed by atoms with Crippen LogP contribution in [0.1, 0.15) is 28.5 Å². The third-order valence-electron chi connectivity index (χ3n) is 2.88. The number of hydrogen-bond donors (Lipinski definition) is 2. The summed E-state index contributed by atoms with van der Waals surface area (Å²) in [5.74, 6) is 6.54. The molecule has 84 valence electrons. The Balaban J connectivity index is 2.45. The third-order valence-corrected chi connectivity index (χ3v) is 2.88. The molecule has 1 aromatic carbocycles. The smallest absolute Gasteiger partial charge is 0.105 e. The molecular formula is C13H16N2O. The molecule has 0 spiro atoms. The Morgan fingerprint density at radius 2 is 1.88 bits per heavy atom. The van der Waals surface area contributed by atoms with E-state index >= 15 is 0 Å². The van der Waals surface area contributed by atoms with Crippen molar-refractivity contribution in [3.8, 4) is 0 Å². The Morgan fingerprint density at radius 1 is 1.12 bits per heavy atom. The highest BCUT2D eigenvalue weighted by atomic mass is 16.3. The van der Waals surface area contributed by atoms with Crippen LogP contribution in [0.4, 0.5) is 0 Å². The highest BCUT2D eigenvalue weighted by molar-refractivity contribution is 5.37. The molecule has 3 N–H and O–H groups in total. The maximum atomic E-state index is 5.64. The van der Waals surface area contributed by atoms with E-state index in [1.165, 1.54) is 11.1 Å². The van der Waals surface area contributed by atoms with Gasteiger partial charge in [0.15, 0.2) is 0 Å². The molecule has 3 heteroatoms. The summed E-state index contributed by atoms with van der Waals surface area (Å²) in [4.78, 5) is 0. The van der Waals surface area contributed by atoms with Gasteiger partial charge in [0.1, 0.15) is 5.76 Å². The van der Waals surface area contributed by atoms with Crippen molar-refractivity contribution >= 4 is 0 Å². The first-order valence-electron chi connectivity index (χ1n) is 5.29. The molecule has 1 unspecified atom stereocenters. The first-order valence-corrected chi connectivity index (χ1v) is 5.29. The van der Waals surface area contributed by atoms with Crippen LogP contribution in [-0.2, 0) is 0 Å². The van der Waals surface area contributed by atoms with Crippen LogP contribution < -0.4 is 11.3 Å². The Bertz CT molecular complexity index is 476. The lowest BCUT2D eigenvalue weighted by molar-refractivity contribution is 0.519. The highest BCUT2D eigenvalue weighted by Gasteiger charge is 2.17. The van der Waals surface area contributed by atoms with Gasteiger partial charge in [-0.2, -0.15) is 0 Å². The maximum absolute atomic E-state index is 5.64. The zero-order chi connectivity index (χ0) is 11.5. The van der Waals surface area contributed by atoms with E-state index in [-0.39, 0.29) is 6.04 Å². The fourth-order valence-corrected chi connectivity index (χ4v) is 1.95. The molecule has 2 aromatic rings. The van der Waals surface area contributed by atoms with Crippen LogP contribution >= 0.6 is 0 Å². The molecule has 1 heterocycles. The Kier molecular flexibility index (Phi) is 3.08. The van der Waals surface area contributed by atoms with Crippen molar-refractivity contribution in [1.29, 1.82) is 0 Å². The van der Waals surface area contributed by atoms with E-state index < -0.39 is 0 Å². The van der Waals surface area contributed by atoms with E-state index in [0.717, 1.165) is 11.3 Å². The second-order valence-electron chi connectivity index (χ2n) is 3.89. The van der Waals surface area contributed by atoms with E-state index in [1.807, 2.05) is 25.1 Å². The molecule has 0 aliphatic rings. The average molecular weight is 216 g/mol. The topological polar surface area (TPSA) is 51.2 Å². The normalized spacial score (nSPS) is 12.7. The summed E-state index contributed by atoms with van der Waals surface area (Å²) >= 11 is 0. The van der Waals surface area contributed by atoms with Crippen LogP contribution in [0.5, 0.6) is 0 Å². The minimum absolute atomic E-state index is 0.0139. The monoisotopic (exact) mass is 216 g/mol. The van der Waals surface area contributed by atoms with E-state index in [4.69, 9.17) is 10.3 Å². The second kappa shape index (κ2) is 4.51. The summed E-state index contributed by atoms with van der Waals surface area (Å²) in [6, 6.07) is 10.1. The number of aryl methyl sites for hydroxylation is 2. The largest absolute Gasteiger partial charge is 0.469 e. The maximum Gasteiger partial charge on any atom is 0.105 e. The zero-order valence-electron chi connectivity index (χ0n) is 9.53. The van der Waals surface area contributed by atoms with Gasteiger partial charge in [-0.1, -0.05) is 24.3 Å². The summed E-state index contributed by atoms with van der Waals surface area (Å²) in [6.07, 6.45) is 1.69. The molecule has 3 nitrogen and oxygen atoms in total. The summed E-state index contributed by atoms with van der Waals surface area (Å²) in [5, 5.41) is 0. The molecule has 16 heavy (non-hydrogen) atoms. The van der Waals surface area contributed by atoms with Gasteiger partial charge in [-0.15, -0.1) is 0 Å². The van der Waals surface area contributed by atoms with Crippen molar-refractivity contribution in [2.75, 3.05) is 0 Å². The van der Waals surface area contributed by atoms with Crippen LogP contribution in [0.3, 0.4) is 0 Å². The van der Waals surface area contributed by atoms with Gasteiger partial charge < -0.3 is 4.42 Å². The van der Waals surface area contributed by atoms with Gasteiger partial charge in [-0.25, -0.2) is 5.43 Å². The third kappa shape index (κ3) is 1.87. The lowest BCUT2D eigenvalue weighted by Crippen LogP contribution is -2.29. The van der Waals surface area contributed by atoms with Gasteiger partial charge in [-0.3, -0.25) is 5.84 Å². The predicted molar refractivity (Wildman–Crippen MR) is 63.8 cm³/mol. The van der Waals surface area contributed by atoms with Gasteiger partial charge in [-0.05, 0) is 31.0 Å². The van der Waals surface area contributed by atoms with Gasteiger partial charge in [0.2, 0.25) is 0 Å². The first-order chi connectivity index (χ1) is 7.74. The molecule has 1 atom stereocenters. The number of hydrogen-bond acceptors (Lipinski definition) is 3. The Labute approximate surface area is 95.2 Å². The van der Waals surface area contributed by atoms with Crippen molar-refractivity contribution in [2.24, 2.45) is 5.84 Å². The van der Waals surface area contributed by atoms with E-state index in [2.05, 4.69) is 24.5 Å². The Morgan fingerprint density at radius 3 is 2.44 bits per heavy atom. The van der Waals surface area contributed by atoms with E-state index in [9.17, 15) is 0 Å². The van der Waals surface area contributed by atoms with Crippen LogP contribution in [0.2, 0.25) is 0 Å².